The highest BCUT2D eigenvalue weighted by Crippen LogP contribution is 2.28. The maximum atomic E-state index is 5.86. The van der Waals surface area contributed by atoms with Gasteiger partial charge in [-0.15, -0.1) is 0 Å². The highest BCUT2D eigenvalue weighted by atomic mass is 16.5. The minimum Gasteiger partial charge on any atom is -0.371 e. The Bertz CT molecular complexity index is 658. The molecule has 2 atom stereocenters. The molecule has 4 heteroatoms. The Balaban J connectivity index is 1.68. The van der Waals surface area contributed by atoms with Gasteiger partial charge in [-0.25, -0.2) is 9.97 Å². The van der Waals surface area contributed by atoms with Crippen LogP contribution in [0.5, 0.6) is 0 Å². The fraction of sp³-hybridized carbons (Fsp3) is 0.375. The fourth-order valence-electron chi connectivity index (χ4n) is 3.10. The van der Waals surface area contributed by atoms with Gasteiger partial charge in [-0.2, -0.15) is 0 Å². The minimum atomic E-state index is 0.358. The van der Waals surface area contributed by atoms with Crippen molar-refractivity contribution in [3.8, 4) is 0 Å². The molecule has 2 aromatic rings. The third-order valence-electron chi connectivity index (χ3n) is 4.15. The number of hydrogen-bond acceptors (Lipinski definition) is 4. The second-order valence-electron chi connectivity index (χ2n) is 5.55. The van der Waals surface area contributed by atoms with E-state index in [-0.39, 0.29) is 0 Å². The number of hydrogen-bond donors (Lipinski definition) is 0. The first-order chi connectivity index (χ1) is 9.81. The van der Waals surface area contributed by atoms with E-state index in [9.17, 15) is 0 Å². The van der Waals surface area contributed by atoms with Crippen LogP contribution in [0.15, 0.2) is 31.0 Å². The van der Waals surface area contributed by atoms with Gasteiger partial charge in [0.2, 0.25) is 5.95 Å². The predicted octanol–water partition coefficient (Wildman–Crippen LogP) is 2.64. The molecule has 4 rings (SSSR count). The number of morpholine rings is 1. The zero-order valence-corrected chi connectivity index (χ0v) is 11.3. The lowest BCUT2D eigenvalue weighted by Crippen LogP contribution is -2.43. The van der Waals surface area contributed by atoms with Gasteiger partial charge in [0.25, 0.3) is 0 Å². The zero-order chi connectivity index (χ0) is 13.5. The predicted molar refractivity (Wildman–Crippen MR) is 79.7 cm³/mol. The lowest BCUT2D eigenvalue weighted by molar-refractivity contribution is 0.0299. The summed E-state index contributed by atoms with van der Waals surface area (Å²) < 4.78 is 5.86. The van der Waals surface area contributed by atoms with Gasteiger partial charge in [0.1, 0.15) is 0 Å². The van der Waals surface area contributed by atoms with Crippen molar-refractivity contribution in [1.29, 1.82) is 0 Å². The van der Waals surface area contributed by atoms with Crippen molar-refractivity contribution < 1.29 is 4.74 Å². The highest BCUT2D eigenvalue weighted by Gasteiger charge is 2.34. The largest absolute Gasteiger partial charge is 0.371 e. The first-order valence-electron chi connectivity index (χ1n) is 7.11. The van der Waals surface area contributed by atoms with E-state index in [1.54, 1.807) is 0 Å². The van der Waals surface area contributed by atoms with E-state index >= 15 is 0 Å². The van der Waals surface area contributed by atoms with Gasteiger partial charge in [-0.3, -0.25) is 0 Å². The molecule has 4 nitrogen and oxygen atoms in total. The molecular formula is C16H17N3O. The molecule has 2 saturated heterocycles. The van der Waals surface area contributed by atoms with Crippen LogP contribution in [0.3, 0.4) is 0 Å². The van der Waals surface area contributed by atoms with Gasteiger partial charge in [-0.05, 0) is 30.5 Å². The van der Waals surface area contributed by atoms with Gasteiger partial charge >= 0.3 is 0 Å². The molecule has 0 spiro atoms. The first kappa shape index (κ1) is 11.9. The maximum Gasteiger partial charge on any atom is 0.226 e. The van der Waals surface area contributed by atoms with Crippen LogP contribution < -0.4 is 4.90 Å². The lowest BCUT2D eigenvalue weighted by atomic mass is 10.1. The van der Waals surface area contributed by atoms with Crippen molar-refractivity contribution in [2.45, 2.75) is 25.0 Å². The van der Waals surface area contributed by atoms with Crippen molar-refractivity contribution in [1.82, 2.24) is 9.97 Å². The monoisotopic (exact) mass is 267 g/mol. The Kier molecular flexibility index (Phi) is 2.70. The molecule has 0 amide bonds. The third kappa shape index (κ3) is 1.96. The Morgan fingerprint density at radius 2 is 2.05 bits per heavy atom. The van der Waals surface area contributed by atoms with Crippen molar-refractivity contribution >= 4 is 22.9 Å². The van der Waals surface area contributed by atoms with Gasteiger partial charge in [0, 0.05) is 24.7 Å². The van der Waals surface area contributed by atoms with Crippen molar-refractivity contribution in [2.24, 2.45) is 0 Å². The molecule has 0 N–H and O–H groups in total. The van der Waals surface area contributed by atoms with E-state index in [1.807, 2.05) is 24.4 Å². The van der Waals surface area contributed by atoms with Gasteiger partial charge < -0.3 is 9.64 Å². The van der Waals surface area contributed by atoms with Crippen molar-refractivity contribution in [3.05, 3.63) is 36.5 Å². The molecule has 0 saturated carbocycles. The van der Waals surface area contributed by atoms with Gasteiger partial charge in [-0.1, -0.05) is 18.7 Å². The smallest absolute Gasteiger partial charge is 0.226 e. The topological polar surface area (TPSA) is 38.2 Å². The lowest BCUT2D eigenvalue weighted by Gasteiger charge is -2.32. The van der Waals surface area contributed by atoms with Crippen molar-refractivity contribution in [3.63, 3.8) is 0 Å². The van der Waals surface area contributed by atoms with Crippen LogP contribution in [-0.4, -0.2) is 35.3 Å². The molecule has 2 aliphatic heterocycles. The van der Waals surface area contributed by atoms with Crippen LogP contribution in [0, 0.1) is 0 Å². The summed E-state index contributed by atoms with van der Waals surface area (Å²) >= 11 is 0. The molecule has 2 aliphatic rings. The molecule has 20 heavy (non-hydrogen) atoms. The molecular weight excluding hydrogens is 250 g/mol. The molecule has 0 aliphatic carbocycles. The third-order valence-corrected chi connectivity index (χ3v) is 4.15. The number of ether oxygens (including phenoxy) is 1. The summed E-state index contributed by atoms with van der Waals surface area (Å²) in [6.07, 6.45) is 6.79. The molecule has 0 radical (unpaired) electrons. The Morgan fingerprint density at radius 1 is 1.25 bits per heavy atom. The summed E-state index contributed by atoms with van der Waals surface area (Å²) in [5.41, 5.74) is 2.08. The van der Waals surface area contributed by atoms with Crippen LogP contribution >= 0.6 is 0 Å². The summed E-state index contributed by atoms with van der Waals surface area (Å²) in [5, 5.41) is 1.06. The highest BCUT2D eigenvalue weighted by molar-refractivity contribution is 5.81. The summed E-state index contributed by atoms with van der Waals surface area (Å²) in [6, 6.07) is 6.14. The van der Waals surface area contributed by atoms with Gasteiger partial charge in [0.15, 0.2) is 0 Å². The quantitative estimate of drug-likeness (QED) is 0.838. The van der Waals surface area contributed by atoms with E-state index in [0.717, 1.165) is 48.3 Å². The molecule has 2 bridgehead atoms. The second kappa shape index (κ2) is 4.56. The molecule has 0 unspecified atom stereocenters. The van der Waals surface area contributed by atoms with Gasteiger partial charge in [0.05, 0.1) is 17.7 Å². The molecule has 102 valence electrons. The van der Waals surface area contributed by atoms with Crippen LogP contribution in [0.25, 0.3) is 17.0 Å². The Labute approximate surface area is 118 Å². The standard InChI is InChI=1S/C16H17N3O/c1-2-11-3-6-15-12(7-11)8-17-16(18-15)19-9-13-4-5-14(10-19)20-13/h2-3,6-8,13-14H,1,4-5,9-10H2/t13-,14+. The van der Waals surface area contributed by atoms with E-state index in [4.69, 9.17) is 9.72 Å². The molecule has 1 aromatic carbocycles. The number of fused-ring (bicyclic) bond motifs is 3. The molecule has 1 aromatic heterocycles. The fourth-order valence-corrected chi connectivity index (χ4v) is 3.10. The number of rotatable bonds is 2. The normalized spacial score (nSPS) is 25.1. The van der Waals surface area contributed by atoms with E-state index in [2.05, 4.69) is 22.5 Å². The molecule has 3 heterocycles. The zero-order valence-electron chi connectivity index (χ0n) is 11.3. The minimum absolute atomic E-state index is 0.358. The second-order valence-corrected chi connectivity index (χ2v) is 5.55. The van der Waals surface area contributed by atoms with Crippen LogP contribution in [0.1, 0.15) is 18.4 Å². The number of nitrogens with zero attached hydrogens (tertiary/aromatic N) is 3. The SMILES string of the molecule is C=Cc1ccc2nc(N3C[C@H]4CC[C@@H](C3)O4)ncc2c1. The Hall–Kier alpha value is -1.94. The summed E-state index contributed by atoms with van der Waals surface area (Å²) in [6.45, 7) is 5.61. The van der Waals surface area contributed by atoms with Crippen LogP contribution in [-0.2, 0) is 4.74 Å². The van der Waals surface area contributed by atoms with E-state index in [0.29, 0.717) is 12.2 Å². The Morgan fingerprint density at radius 3 is 2.80 bits per heavy atom. The summed E-state index contributed by atoms with van der Waals surface area (Å²) in [5.74, 6) is 0.823. The maximum absolute atomic E-state index is 5.86. The van der Waals surface area contributed by atoms with E-state index in [1.165, 1.54) is 0 Å². The average molecular weight is 267 g/mol. The number of benzene rings is 1. The number of aromatic nitrogens is 2. The number of anilines is 1. The molecule has 2 fully saturated rings. The summed E-state index contributed by atoms with van der Waals surface area (Å²) in [7, 11) is 0. The van der Waals surface area contributed by atoms with E-state index < -0.39 is 0 Å². The van der Waals surface area contributed by atoms with Crippen LogP contribution in [0.2, 0.25) is 0 Å². The average Bonchev–Trinajstić information content (AvgIpc) is 2.84. The van der Waals surface area contributed by atoms with Crippen LogP contribution in [0.4, 0.5) is 5.95 Å². The summed E-state index contributed by atoms with van der Waals surface area (Å²) in [4.78, 5) is 11.5. The first-order valence-corrected chi connectivity index (χ1v) is 7.11. The van der Waals surface area contributed by atoms with Crippen molar-refractivity contribution in [2.75, 3.05) is 18.0 Å².